The van der Waals surface area contributed by atoms with Crippen molar-refractivity contribution in [2.45, 2.75) is 18.8 Å². The third-order valence-corrected chi connectivity index (χ3v) is 3.99. The van der Waals surface area contributed by atoms with E-state index in [0.29, 0.717) is 18.4 Å². The van der Waals surface area contributed by atoms with E-state index >= 15 is 0 Å². The summed E-state index contributed by atoms with van der Waals surface area (Å²) in [4.78, 5) is 0. The second-order valence-electron chi connectivity index (χ2n) is 5.42. The molecule has 1 nitrogen and oxygen atoms in total. The summed E-state index contributed by atoms with van der Waals surface area (Å²) in [5.74, 6) is -0.415. The summed E-state index contributed by atoms with van der Waals surface area (Å²) in [6, 6.07) is 23.3. The van der Waals surface area contributed by atoms with Crippen LogP contribution >= 0.6 is 0 Å². The molecule has 3 aromatic rings. The first-order chi connectivity index (χ1) is 10.8. The van der Waals surface area contributed by atoms with E-state index in [0.717, 1.165) is 16.3 Å². The van der Waals surface area contributed by atoms with E-state index in [1.54, 1.807) is 12.1 Å². The Morgan fingerprint density at radius 3 is 2.41 bits per heavy atom. The third-order valence-electron chi connectivity index (χ3n) is 3.99. The van der Waals surface area contributed by atoms with Gasteiger partial charge in [-0.3, -0.25) is 0 Å². The molecule has 0 spiro atoms. The van der Waals surface area contributed by atoms with Crippen molar-refractivity contribution in [3.8, 4) is 6.07 Å². The second kappa shape index (κ2) is 6.41. The molecule has 1 unspecified atom stereocenters. The van der Waals surface area contributed by atoms with Crippen molar-refractivity contribution in [3.05, 3.63) is 83.7 Å². The molecule has 0 radical (unpaired) electrons. The SMILES string of the molecule is N#CC(CCc1ccccc1F)c1ccc2ccccc2c1. The highest BCUT2D eigenvalue weighted by Crippen LogP contribution is 2.25. The van der Waals surface area contributed by atoms with Crippen LogP contribution in [0.3, 0.4) is 0 Å². The van der Waals surface area contributed by atoms with Crippen LogP contribution < -0.4 is 0 Å². The zero-order chi connectivity index (χ0) is 15.4. The highest BCUT2D eigenvalue weighted by molar-refractivity contribution is 5.83. The van der Waals surface area contributed by atoms with Crippen LogP contribution in [0.15, 0.2) is 66.7 Å². The standard InChI is InChI=1S/C20H16FN/c21-20-8-4-3-6-16(20)10-12-19(14-22)18-11-9-15-5-1-2-7-17(15)13-18/h1-9,11,13,19H,10,12H2. The van der Waals surface area contributed by atoms with Crippen molar-refractivity contribution < 1.29 is 4.39 Å². The van der Waals surface area contributed by atoms with Crippen molar-refractivity contribution in [2.24, 2.45) is 0 Å². The van der Waals surface area contributed by atoms with Gasteiger partial charge in [-0.1, -0.05) is 54.6 Å². The molecule has 108 valence electrons. The molecule has 22 heavy (non-hydrogen) atoms. The van der Waals surface area contributed by atoms with Gasteiger partial charge in [-0.05, 0) is 46.9 Å². The summed E-state index contributed by atoms with van der Waals surface area (Å²) in [5.41, 5.74) is 1.67. The molecule has 0 bridgehead atoms. The van der Waals surface area contributed by atoms with Gasteiger partial charge in [0, 0.05) is 0 Å². The van der Waals surface area contributed by atoms with Gasteiger partial charge >= 0.3 is 0 Å². The Balaban J connectivity index is 1.81. The van der Waals surface area contributed by atoms with Crippen LogP contribution in [0.25, 0.3) is 10.8 Å². The van der Waals surface area contributed by atoms with Gasteiger partial charge in [0.05, 0.1) is 12.0 Å². The third kappa shape index (κ3) is 2.99. The number of aryl methyl sites for hydroxylation is 1. The minimum Gasteiger partial charge on any atom is -0.207 e. The Morgan fingerprint density at radius 2 is 1.64 bits per heavy atom. The van der Waals surface area contributed by atoms with Crippen LogP contribution in [0.5, 0.6) is 0 Å². The average Bonchev–Trinajstić information content (AvgIpc) is 2.57. The summed E-state index contributed by atoms with van der Waals surface area (Å²) in [6.45, 7) is 0. The monoisotopic (exact) mass is 289 g/mol. The lowest BCUT2D eigenvalue weighted by Gasteiger charge is -2.11. The molecule has 0 saturated heterocycles. The van der Waals surface area contributed by atoms with Crippen LogP contribution in [-0.4, -0.2) is 0 Å². The molecule has 0 aliphatic rings. The molecule has 0 amide bonds. The van der Waals surface area contributed by atoms with Crippen LogP contribution in [0.1, 0.15) is 23.5 Å². The van der Waals surface area contributed by atoms with E-state index in [1.807, 2.05) is 36.4 Å². The van der Waals surface area contributed by atoms with Gasteiger partial charge in [0.2, 0.25) is 0 Å². The number of halogens is 1. The van der Waals surface area contributed by atoms with Gasteiger partial charge in [-0.15, -0.1) is 0 Å². The Hall–Kier alpha value is -2.66. The van der Waals surface area contributed by atoms with Crippen molar-refractivity contribution in [3.63, 3.8) is 0 Å². The Morgan fingerprint density at radius 1 is 0.909 bits per heavy atom. The van der Waals surface area contributed by atoms with Crippen LogP contribution in [0.4, 0.5) is 4.39 Å². The molecule has 0 aliphatic heterocycles. The molecule has 0 aliphatic carbocycles. The number of rotatable bonds is 4. The van der Waals surface area contributed by atoms with E-state index in [2.05, 4.69) is 18.2 Å². The lowest BCUT2D eigenvalue weighted by atomic mass is 9.92. The first-order valence-corrected chi connectivity index (χ1v) is 7.39. The molecule has 0 saturated carbocycles. The van der Waals surface area contributed by atoms with Crippen molar-refractivity contribution >= 4 is 10.8 Å². The molecule has 3 aromatic carbocycles. The number of hydrogen-bond donors (Lipinski definition) is 0. The normalized spacial score (nSPS) is 12.0. The van der Waals surface area contributed by atoms with Gasteiger partial charge in [-0.2, -0.15) is 5.26 Å². The highest BCUT2D eigenvalue weighted by Gasteiger charge is 2.12. The molecule has 0 heterocycles. The predicted octanol–water partition coefficient (Wildman–Crippen LogP) is 5.22. The van der Waals surface area contributed by atoms with Gasteiger partial charge in [0.15, 0.2) is 0 Å². The Kier molecular flexibility index (Phi) is 4.16. The fourth-order valence-electron chi connectivity index (χ4n) is 2.73. The second-order valence-corrected chi connectivity index (χ2v) is 5.42. The zero-order valence-electron chi connectivity index (χ0n) is 12.2. The number of benzene rings is 3. The Labute approximate surface area is 129 Å². The quantitative estimate of drug-likeness (QED) is 0.646. The van der Waals surface area contributed by atoms with E-state index in [-0.39, 0.29) is 11.7 Å². The topological polar surface area (TPSA) is 23.8 Å². The molecular formula is C20H16FN. The maximum Gasteiger partial charge on any atom is 0.126 e. The number of nitrogens with zero attached hydrogens (tertiary/aromatic N) is 1. The van der Waals surface area contributed by atoms with E-state index in [4.69, 9.17) is 0 Å². The maximum absolute atomic E-state index is 13.7. The van der Waals surface area contributed by atoms with Crippen molar-refractivity contribution in [1.82, 2.24) is 0 Å². The zero-order valence-corrected chi connectivity index (χ0v) is 12.2. The average molecular weight is 289 g/mol. The van der Waals surface area contributed by atoms with Crippen LogP contribution in [-0.2, 0) is 6.42 Å². The summed E-state index contributed by atoms with van der Waals surface area (Å²) < 4.78 is 13.7. The first-order valence-electron chi connectivity index (χ1n) is 7.39. The fraction of sp³-hybridized carbons (Fsp3) is 0.150. The van der Waals surface area contributed by atoms with Gasteiger partial charge in [-0.25, -0.2) is 4.39 Å². The minimum atomic E-state index is -0.218. The van der Waals surface area contributed by atoms with Gasteiger partial charge in [0.1, 0.15) is 5.82 Å². The van der Waals surface area contributed by atoms with Crippen molar-refractivity contribution in [2.75, 3.05) is 0 Å². The van der Waals surface area contributed by atoms with E-state index in [9.17, 15) is 9.65 Å². The molecule has 1 atom stereocenters. The number of hydrogen-bond acceptors (Lipinski definition) is 1. The molecule has 0 aromatic heterocycles. The lowest BCUT2D eigenvalue weighted by Crippen LogP contribution is -2.00. The largest absolute Gasteiger partial charge is 0.207 e. The molecule has 0 N–H and O–H groups in total. The molecule has 0 fully saturated rings. The number of nitriles is 1. The number of fused-ring (bicyclic) bond motifs is 1. The van der Waals surface area contributed by atoms with Crippen molar-refractivity contribution in [1.29, 1.82) is 5.26 Å². The molecule has 3 rings (SSSR count). The predicted molar refractivity (Wildman–Crippen MR) is 87.0 cm³/mol. The summed E-state index contributed by atoms with van der Waals surface area (Å²) in [7, 11) is 0. The molecular weight excluding hydrogens is 273 g/mol. The van der Waals surface area contributed by atoms with Gasteiger partial charge in [0.25, 0.3) is 0 Å². The fourth-order valence-corrected chi connectivity index (χ4v) is 2.73. The lowest BCUT2D eigenvalue weighted by molar-refractivity contribution is 0.600. The van der Waals surface area contributed by atoms with Crippen LogP contribution in [0.2, 0.25) is 0 Å². The Bertz CT molecular complexity index is 832. The first kappa shape index (κ1) is 14.3. The summed E-state index contributed by atoms with van der Waals surface area (Å²) in [5, 5.41) is 11.7. The van der Waals surface area contributed by atoms with E-state index < -0.39 is 0 Å². The van der Waals surface area contributed by atoms with Gasteiger partial charge < -0.3 is 0 Å². The van der Waals surface area contributed by atoms with Crippen LogP contribution in [0, 0.1) is 17.1 Å². The minimum absolute atomic E-state index is 0.197. The highest BCUT2D eigenvalue weighted by atomic mass is 19.1. The van der Waals surface area contributed by atoms with E-state index in [1.165, 1.54) is 6.07 Å². The summed E-state index contributed by atoms with van der Waals surface area (Å²) >= 11 is 0. The molecule has 2 heteroatoms. The summed E-state index contributed by atoms with van der Waals surface area (Å²) in [6.07, 6.45) is 1.19. The maximum atomic E-state index is 13.7. The smallest absolute Gasteiger partial charge is 0.126 e.